The minimum atomic E-state index is 0.248. The first-order valence-corrected chi connectivity index (χ1v) is 5.00. The van der Waals surface area contributed by atoms with Crippen LogP contribution in [-0.2, 0) is 0 Å². The van der Waals surface area contributed by atoms with Crippen LogP contribution in [0.25, 0.3) is 0 Å². The van der Waals surface area contributed by atoms with Crippen LogP contribution in [-0.4, -0.2) is 15.8 Å². The highest BCUT2D eigenvalue weighted by Gasteiger charge is 1.97. The maximum Gasteiger partial charge on any atom is 0.115 e. The topological polar surface area (TPSA) is 45.5 Å². The van der Waals surface area contributed by atoms with Crippen LogP contribution in [0.15, 0.2) is 53.8 Å². The fourth-order valence-electron chi connectivity index (χ4n) is 1.36. The molecule has 0 aliphatic rings. The Kier molecular flexibility index (Phi) is 2.96. The zero-order chi connectivity index (χ0) is 11.4. The van der Waals surface area contributed by atoms with E-state index in [9.17, 15) is 0 Å². The van der Waals surface area contributed by atoms with Gasteiger partial charge in [-0.1, -0.05) is 6.07 Å². The van der Waals surface area contributed by atoms with Crippen molar-refractivity contribution in [2.24, 2.45) is 4.99 Å². The molecule has 0 unspecified atom stereocenters. The van der Waals surface area contributed by atoms with E-state index in [0.29, 0.717) is 0 Å². The van der Waals surface area contributed by atoms with Gasteiger partial charge in [-0.05, 0) is 37.3 Å². The first-order valence-electron chi connectivity index (χ1n) is 5.00. The summed E-state index contributed by atoms with van der Waals surface area (Å²) in [5, 5.41) is 9.15. The van der Waals surface area contributed by atoms with E-state index in [4.69, 9.17) is 5.11 Å². The zero-order valence-electron chi connectivity index (χ0n) is 8.96. The minimum Gasteiger partial charge on any atom is -0.508 e. The molecule has 0 aliphatic heterocycles. The number of aromatic hydroxyl groups is 1. The van der Waals surface area contributed by atoms with Gasteiger partial charge < -0.3 is 5.11 Å². The number of pyridine rings is 1. The van der Waals surface area contributed by atoms with Crippen molar-refractivity contribution < 1.29 is 5.11 Å². The SMILES string of the molecule is CC(=Nc1ccc(O)cc1)c1cccnc1. The summed E-state index contributed by atoms with van der Waals surface area (Å²) in [6.45, 7) is 1.93. The molecule has 0 radical (unpaired) electrons. The lowest BCUT2D eigenvalue weighted by molar-refractivity contribution is 0.475. The highest BCUT2D eigenvalue weighted by molar-refractivity contribution is 5.99. The van der Waals surface area contributed by atoms with Crippen LogP contribution < -0.4 is 0 Å². The van der Waals surface area contributed by atoms with E-state index in [0.717, 1.165) is 17.0 Å². The van der Waals surface area contributed by atoms with Gasteiger partial charge in [-0.2, -0.15) is 0 Å². The third-order valence-electron chi connectivity index (χ3n) is 2.23. The van der Waals surface area contributed by atoms with E-state index in [1.807, 2.05) is 19.1 Å². The number of phenols is 1. The average molecular weight is 212 g/mol. The van der Waals surface area contributed by atoms with Gasteiger partial charge in [0, 0.05) is 23.7 Å². The Balaban J connectivity index is 2.28. The molecule has 1 aromatic heterocycles. The highest BCUT2D eigenvalue weighted by Crippen LogP contribution is 2.17. The standard InChI is InChI=1S/C13H12N2O/c1-10(11-3-2-8-14-9-11)15-12-4-6-13(16)7-5-12/h2-9,16H,1H3. The van der Waals surface area contributed by atoms with Crippen LogP contribution in [0.4, 0.5) is 5.69 Å². The Morgan fingerprint density at radius 3 is 2.56 bits per heavy atom. The van der Waals surface area contributed by atoms with Crippen LogP contribution in [0.2, 0.25) is 0 Å². The molecule has 0 aliphatic carbocycles. The summed E-state index contributed by atoms with van der Waals surface area (Å²) in [5.74, 6) is 0.248. The zero-order valence-corrected chi connectivity index (χ0v) is 8.96. The van der Waals surface area contributed by atoms with Crippen LogP contribution in [0.5, 0.6) is 5.75 Å². The van der Waals surface area contributed by atoms with E-state index in [2.05, 4.69) is 9.98 Å². The number of aromatic nitrogens is 1. The van der Waals surface area contributed by atoms with E-state index in [1.54, 1.807) is 36.7 Å². The van der Waals surface area contributed by atoms with Crippen molar-refractivity contribution in [3.63, 3.8) is 0 Å². The van der Waals surface area contributed by atoms with Gasteiger partial charge in [0.05, 0.1) is 5.69 Å². The molecule has 0 fully saturated rings. The summed E-state index contributed by atoms with van der Waals surface area (Å²) in [5.41, 5.74) is 2.72. The Bertz CT molecular complexity index is 489. The highest BCUT2D eigenvalue weighted by atomic mass is 16.3. The fourth-order valence-corrected chi connectivity index (χ4v) is 1.36. The van der Waals surface area contributed by atoms with Crippen molar-refractivity contribution in [2.75, 3.05) is 0 Å². The maximum absolute atomic E-state index is 9.15. The molecule has 0 amide bonds. The molecule has 3 nitrogen and oxygen atoms in total. The minimum absolute atomic E-state index is 0.248. The van der Waals surface area contributed by atoms with E-state index < -0.39 is 0 Å². The van der Waals surface area contributed by atoms with Crippen LogP contribution in [0.3, 0.4) is 0 Å². The summed E-state index contributed by atoms with van der Waals surface area (Å²) >= 11 is 0. The first-order chi connectivity index (χ1) is 7.75. The van der Waals surface area contributed by atoms with Gasteiger partial charge in [0.1, 0.15) is 5.75 Å². The number of aliphatic imine (C=N–C) groups is 1. The number of hydrogen-bond donors (Lipinski definition) is 1. The molecule has 0 spiro atoms. The van der Waals surface area contributed by atoms with Crippen molar-refractivity contribution in [3.8, 4) is 5.75 Å². The summed E-state index contributed by atoms with van der Waals surface area (Å²) in [6.07, 6.45) is 3.51. The van der Waals surface area contributed by atoms with Crippen molar-refractivity contribution >= 4 is 11.4 Å². The average Bonchev–Trinajstić information content (AvgIpc) is 2.33. The number of phenolic OH excluding ortho intramolecular Hbond substituents is 1. The van der Waals surface area contributed by atoms with Crippen molar-refractivity contribution in [2.45, 2.75) is 6.92 Å². The monoisotopic (exact) mass is 212 g/mol. The molecule has 0 saturated heterocycles. The third kappa shape index (κ3) is 2.45. The smallest absolute Gasteiger partial charge is 0.115 e. The Hall–Kier alpha value is -2.16. The lowest BCUT2D eigenvalue weighted by Crippen LogP contribution is -1.93. The van der Waals surface area contributed by atoms with E-state index in [-0.39, 0.29) is 5.75 Å². The second-order valence-corrected chi connectivity index (χ2v) is 3.46. The molecule has 0 saturated carbocycles. The van der Waals surface area contributed by atoms with Crippen molar-refractivity contribution in [1.82, 2.24) is 4.98 Å². The number of hydrogen-bond acceptors (Lipinski definition) is 3. The lowest BCUT2D eigenvalue weighted by Gasteiger charge is -2.00. The van der Waals surface area contributed by atoms with Crippen molar-refractivity contribution in [1.29, 1.82) is 0 Å². The summed E-state index contributed by atoms with van der Waals surface area (Å²) < 4.78 is 0. The van der Waals surface area contributed by atoms with Crippen LogP contribution in [0, 0.1) is 0 Å². The Morgan fingerprint density at radius 2 is 1.94 bits per heavy atom. The fraction of sp³-hybridized carbons (Fsp3) is 0.0769. The second-order valence-electron chi connectivity index (χ2n) is 3.46. The van der Waals surface area contributed by atoms with Crippen LogP contribution >= 0.6 is 0 Å². The predicted octanol–water partition coefficient (Wildman–Crippen LogP) is 2.93. The molecule has 3 heteroatoms. The maximum atomic E-state index is 9.15. The molecule has 1 aromatic carbocycles. The van der Waals surface area contributed by atoms with Gasteiger partial charge in [-0.3, -0.25) is 9.98 Å². The summed E-state index contributed by atoms with van der Waals surface area (Å²) in [4.78, 5) is 8.48. The third-order valence-corrected chi connectivity index (χ3v) is 2.23. The van der Waals surface area contributed by atoms with Gasteiger partial charge in [-0.15, -0.1) is 0 Å². The molecule has 2 rings (SSSR count). The number of nitrogens with zero attached hydrogens (tertiary/aromatic N) is 2. The molecule has 16 heavy (non-hydrogen) atoms. The van der Waals surface area contributed by atoms with Gasteiger partial charge >= 0.3 is 0 Å². The first kappa shape index (κ1) is 10.4. The Labute approximate surface area is 94.1 Å². The molecular formula is C13H12N2O. The molecule has 0 bridgehead atoms. The van der Waals surface area contributed by atoms with Gasteiger partial charge in [0.15, 0.2) is 0 Å². The van der Waals surface area contributed by atoms with Crippen molar-refractivity contribution in [3.05, 3.63) is 54.4 Å². The quantitative estimate of drug-likeness (QED) is 0.778. The number of rotatable bonds is 2. The Morgan fingerprint density at radius 1 is 1.19 bits per heavy atom. The number of benzene rings is 1. The molecule has 1 heterocycles. The normalized spacial score (nSPS) is 11.4. The summed E-state index contributed by atoms with van der Waals surface area (Å²) in [7, 11) is 0. The van der Waals surface area contributed by atoms with E-state index >= 15 is 0 Å². The predicted molar refractivity (Wildman–Crippen MR) is 64.2 cm³/mol. The molecule has 2 aromatic rings. The van der Waals surface area contributed by atoms with Gasteiger partial charge in [0.25, 0.3) is 0 Å². The molecule has 80 valence electrons. The second kappa shape index (κ2) is 4.57. The van der Waals surface area contributed by atoms with E-state index in [1.165, 1.54) is 0 Å². The largest absolute Gasteiger partial charge is 0.508 e. The van der Waals surface area contributed by atoms with Gasteiger partial charge in [-0.25, -0.2) is 0 Å². The molecular weight excluding hydrogens is 200 g/mol. The lowest BCUT2D eigenvalue weighted by atomic mass is 10.2. The van der Waals surface area contributed by atoms with Gasteiger partial charge in [0.2, 0.25) is 0 Å². The van der Waals surface area contributed by atoms with Crippen LogP contribution in [0.1, 0.15) is 12.5 Å². The molecule has 1 N–H and O–H groups in total. The summed E-state index contributed by atoms with van der Waals surface area (Å²) in [6, 6.07) is 10.6. The molecule has 0 atom stereocenters.